The van der Waals surface area contributed by atoms with Gasteiger partial charge in [0.2, 0.25) is 0 Å². The first kappa shape index (κ1) is 8.51. The second-order valence-electron chi connectivity index (χ2n) is 3.54. The molecule has 1 nitrogen and oxygen atoms in total. The third-order valence-electron chi connectivity index (χ3n) is 2.63. The van der Waals surface area contributed by atoms with Gasteiger partial charge in [-0.05, 0) is 25.7 Å². The van der Waals surface area contributed by atoms with Crippen molar-refractivity contribution in [3.8, 4) is 0 Å². The van der Waals surface area contributed by atoms with E-state index >= 15 is 0 Å². The molecule has 0 heterocycles. The summed E-state index contributed by atoms with van der Waals surface area (Å²) in [5.41, 5.74) is 1.18. The van der Waals surface area contributed by atoms with Crippen LogP contribution in [-0.2, 0) is 4.79 Å². The van der Waals surface area contributed by atoms with Crippen LogP contribution in [0.5, 0.6) is 0 Å². The number of rotatable bonds is 2. The van der Waals surface area contributed by atoms with Gasteiger partial charge in [0.05, 0.1) is 0 Å². The van der Waals surface area contributed by atoms with Gasteiger partial charge in [-0.3, -0.25) is 0 Å². The molecule has 0 saturated heterocycles. The first-order valence-electron chi connectivity index (χ1n) is 4.36. The Labute approximate surface area is 68.5 Å². The molecule has 0 aromatic heterocycles. The fraction of sp³-hybridized carbons (Fsp3) is 0.700. The van der Waals surface area contributed by atoms with E-state index in [2.05, 4.69) is 6.58 Å². The highest BCUT2D eigenvalue weighted by molar-refractivity contribution is 5.55. The summed E-state index contributed by atoms with van der Waals surface area (Å²) in [6.07, 6.45) is 5.83. The van der Waals surface area contributed by atoms with E-state index in [1.807, 2.05) is 6.92 Å². The zero-order valence-electron chi connectivity index (χ0n) is 7.18. The van der Waals surface area contributed by atoms with Crippen LogP contribution in [0.1, 0.15) is 32.6 Å². The minimum Gasteiger partial charge on any atom is -0.303 e. The molecule has 2 unspecified atom stereocenters. The van der Waals surface area contributed by atoms with Crippen LogP contribution < -0.4 is 0 Å². The van der Waals surface area contributed by atoms with E-state index in [-0.39, 0.29) is 5.92 Å². The Bertz CT molecular complexity index is 160. The summed E-state index contributed by atoms with van der Waals surface area (Å²) in [7, 11) is 0. The summed E-state index contributed by atoms with van der Waals surface area (Å²) in [5, 5.41) is 0. The third kappa shape index (κ3) is 1.92. The van der Waals surface area contributed by atoms with Crippen molar-refractivity contribution in [3.63, 3.8) is 0 Å². The number of aldehydes is 1. The van der Waals surface area contributed by atoms with Crippen LogP contribution in [-0.4, -0.2) is 6.29 Å². The van der Waals surface area contributed by atoms with Gasteiger partial charge in [-0.25, -0.2) is 0 Å². The molecule has 1 fully saturated rings. The molecule has 2 atom stereocenters. The highest BCUT2D eigenvalue weighted by Gasteiger charge is 2.24. The first-order chi connectivity index (χ1) is 5.25. The van der Waals surface area contributed by atoms with E-state index in [4.69, 9.17) is 0 Å². The van der Waals surface area contributed by atoms with Crippen LogP contribution in [0.15, 0.2) is 12.2 Å². The predicted molar refractivity (Wildman–Crippen MR) is 46.3 cm³/mol. The molecule has 1 rings (SSSR count). The minimum atomic E-state index is 0.265. The molecular weight excluding hydrogens is 136 g/mol. The fourth-order valence-corrected chi connectivity index (χ4v) is 1.93. The number of carbonyl (C=O) groups is 1. The standard InChI is InChI=1S/C10H16O/c1-8(2)10-6-4-3-5-9(10)7-11/h7,9-10H,1,3-6H2,2H3. The van der Waals surface area contributed by atoms with Crippen LogP contribution in [0.3, 0.4) is 0 Å². The molecule has 0 spiro atoms. The van der Waals surface area contributed by atoms with Crippen molar-refractivity contribution in [1.29, 1.82) is 0 Å². The van der Waals surface area contributed by atoms with E-state index in [1.165, 1.54) is 24.8 Å². The van der Waals surface area contributed by atoms with Gasteiger partial charge < -0.3 is 4.79 Å². The molecule has 0 aliphatic heterocycles. The summed E-state index contributed by atoms with van der Waals surface area (Å²) in [6, 6.07) is 0. The highest BCUT2D eigenvalue weighted by Crippen LogP contribution is 2.32. The van der Waals surface area contributed by atoms with Gasteiger partial charge in [0.25, 0.3) is 0 Å². The molecule has 62 valence electrons. The Morgan fingerprint density at radius 3 is 2.55 bits per heavy atom. The average molecular weight is 152 g/mol. The molecule has 0 amide bonds. The maximum absolute atomic E-state index is 10.6. The Morgan fingerprint density at radius 2 is 2.09 bits per heavy atom. The van der Waals surface area contributed by atoms with Crippen molar-refractivity contribution < 1.29 is 4.79 Å². The lowest BCUT2D eigenvalue weighted by Crippen LogP contribution is -2.21. The summed E-state index contributed by atoms with van der Waals surface area (Å²) in [5.74, 6) is 0.738. The Hall–Kier alpha value is -0.590. The molecule has 0 radical (unpaired) electrons. The van der Waals surface area contributed by atoms with Crippen molar-refractivity contribution in [2.24, 2.45) is 11.8 Å². The van der Waals surface area contributed by atoms with Crippen LogP contribution in [0.25, 0.3) is 0 Å². The molecule has 11 heavy (non-hydrogen) atoms. The summed E-state index contributed by atoms with van der Waals surface area (Å²) < 4.78 is 0. The maximum atomic E-state index is 10.6. The van der Waals surface area contributed by atoms with Gasteiger partial charge in [-0.15, -0.1) is 0 Å². The molecular formula is C10H16O. The van der Waals surface area contributed by atoms with Crippen molar-refractivity contribution in [1.82, 2.24) is 0 Å². The fourth-order valence-electron chi connectivity index (χ4n) is 1.93. The largest absolute Gasteiger partial charge is 0.303 e. The van der Waals surface area contributed by atoms with Gasteiger partial charge in [0.1, 0.15) is 6.29 Å². The van der Waals surface area contributed by atoms with Gasteiger partial charge >= 0.3 is 0 Å². The minimum absolute atomic E-state index is 0.265. The number of carbonyl (C=O) groups excluding carboxylic acids is 1. The summed E-state index contributed by atoms with van der Waals surface area (Å²) in [4.78, 5) is 10.6. The molecule has 1 aliphatic carbocycles. The Kier molecular flexibility index (Phi) is 2.86. The van der Waals surface area contributed by atoms with Crippen molar-refractivity contribution in [2.45, 2.75) is 32.6 Å². The van der Waals surface area contributed by atoms with Crippen LogP contribution in [0, 0.1) is 11.8 Å². The third-order valence-corrected chi connectivity index (χ3v) is 2.63. The van der Waals surface area contributed by atoms with E-state index < -0.39 is 0 Å². The number of hydrogen-bond acceptors (Lipinski definition) is 1. The molecule has 1 heteroatoms. The first-order valence-corrected chi connectivity index (χ1v) is 4.36. The lowest BCUT2D eigenvalue weighted by Gasteiger charge is -2.27. The van der Waals surface area contributed by atoms with Crippen LogP contribution >= 0.6 is 0 Å². The zero-order chi connectivity index (χ0) is 8.27. The second kappa shape index (κ2) is 3.70. The smallest absolute Gasteiger partial charge is 0.123 e. The quantitative estimate of drug-likeness (QED) is 0.439. The molecule has 0 N–H and O–H groups in total. The van der Waals surface area contributed by atoms with E-state index in [1.54, 1.807) is 0 Å². The molecule has 0 aromatic carbocycles. The van der Waals surface area contributed by atoms with Gasteiger partial charge in [0, 0.05) is 5.92 Å². The molecule has 1 saturated carbocycles. The maximum Gasteiger partial charge on any atom is 0.123 e. The molecule has 0 aromatic rings. The van der Waals surface area contributed by atoms with Gasteiger partial charge in [-0.1, -0.05) is 25.0 Å². The Balaban J connectivity index is 2.58. The lowest BCUT2D eigenvalue weighted by atomic mass is 9.77. The highest BCUT2D eigenvalue weighted by atomic mass is 16.1. The normalized spacial score (nSPS) is 31.4. The van der Waals surface area contributed by atoms with E-state index in [9.17, 15) is 4.79 Å². The number of hydrogen-bond donors (Lipinski definition) is 0. The zero-order valence-corrected chi connectivity index (χ0v) is 7.18. The van der Waals surface area contributed by atoms with Crippen molar-refractivity contribution >= 4 is 6.29 Å². The number of allylic oxidation sites excluding steroid dienone is 1. The van der Waals surface area contributed by atoms with E-state index in [0.29, 0.717) is 5.92 Å². The van der Waals surface area contributed by atoms with Gasteiger partial charge in [0.15, 0.2) is 0 Å². The molecule has 1 aliphatic rings. The summed E-state index contributed by atoms with van der Waals surface area (Å²) in [6.45, 7) is 5.95. The van der Waals surface area contributed by atoms with Gasteiger partial charge in [-0.2, -0.15) is 0 Å². The van der Waals surface area contributed by atoms with Crippen LogP contribution in [0.2, 0.25) is 0 Å². The topological polar surface area (TPSA) is 17.1 Å². The SMILES string of the molecule is C=C(C)C1CCCCC1C=O. The van der Waals surface area contributed by atoms with Crippen molar-refractivity contribution in [3.05, 3.63) is 12.2 Å². The Morgan fingerprint density at radius 1 is 1.45 bits per heavy atom. The second-order valence-corrected chi connectivity index (χ2v) is 3.54. The monoisotopic (exact) mass is 152 g/mol. The van der Waals surface area contributed by atoms with Crippen LogP contribution in [0.4, 0.5) is 0 Å². The average Bonchev–Trinajstić information content (AvgIpc) is 2.04. The van der Waals surface area contributed by atoms with Crippen molar-refractivity contribution in [2.75, 3.05) is 0 Å². The lowest BCUT2D eigenvalue weighted by molar-refractivity contribution is -0.113. The molecule has 0 bridgehead atoms. The predicted octanol–water partition coefficient (Wildman–Crippen LogP) is 2.57. The van der Waals surface area contributed by atoms with E-state index in [0.717, 1.165) is 12.7 Å². The summed E-state index contributed by atoms with van der Waals surface area (Å²) >= 11 is 0.